The molecule has 0 radical (unpaired) electrons. The average Bonchev–Trinajstić information content (AvgIpc) is 2.85. The Hall–Kier alpha value is -4.32. The minimum absolute atomic E-state index is 0.145. The van der Waals surface area contributed by atoms with Crippen LogP contribution in [0.5, 0.6) is 5.75 Å². The zero-order chi connectivity index (χ0) is 30.0. The van der Waals surface area contributed by atoms with E-state index in [2.05, 4.69) is 30.6 Å². The Kier molecular flexibility index (Phi) is 10.5. The van der Waals surface area contributed by atoms with Gasteiger partial charge in [0.1, 0.15) is 29.9 Å². The van der Waals surface area contributed by atoms with E-state index in [9.17, 15) is 9.59 Å². The lowest BCUT2D eigenvalue weighted by molar-refractivity contribution is -0.155. The van der Waals surface area contributed by atoms with Gasteiger partial charge >= 0.3 is 12.1 Å². The second-order valence-electron chi connectivity index (χ2n) is 11.4. The number of aromatic nitrogens is 4. The fourth-order valence-corrected chi connectivity index (χ4v) is 3.55. The van der Waals surface area contributed by atoms with E-state index < -0.39 is 17.3 Å². The van der Waals surface area contributed by atoms with Crippen molar-refractivity contribution in [3.05, 3.63) is 54.6 Å². The maximum atomic E-state index is 12.1. The predicted octanol–water partition coefficient (Wildman–Crippen LogP) is 4.35. The van der Waals surface area contributed by atoms with Crippen molar-refractivity contribution in [1.82, 2.24) is 30.2 Å². The molecule has 0 aliphatic carbocycles. The molecule has 1 amide bonds. The molecule has 220 valence electrons. The summed E-state index contributed by atoms with van der Waals surface area (Å²) < 4.78 is 16.4. The van der Waals surface area contributed by atoms with Crippen LogP contribution in [-0.2, 0) is 20.8 Å². The van der Waals surface area contributed by atoms with Gasteiger partial charge in [-0.15, -0.1) is 0 Å². The van der Waals surface area contributed by atoms with Crippen LogP contribution in [0.25, 0.3) is 11.4 Å². The summed E-state index contributed by atoms with van der Waals surface area (Å²) in [4.78, 5) is 43.3. The third kappa shape index (κ3) is 11.8. The molecule has 0 aliphatic heterocycles. The van der Waals surface area contributed by atoms with Crippen LogP contribution in [0.1, 0.15) is 47.2 Å². The normalized spacial score (nSPS) is 11.6. The van der Waals surface area contributed by atoms with Gasteiger partial charge < -0.3 is 24.8 Å². The summed E-state index contributed by atoms with van der Waals surface area (Å²) in [6.07, 6.45) is 2.62. The standard InChI is InChI=1S/C29H39N7O5/c1-28(2,3)40-24(37)18-36(7)17-22-15-20(11-12-30-22)25-32-19-33-26(35-25)34-21-9-8-10-23(16-21)39-14-13-31-27(38)41-29(4,5)6/h8-12,15-16,19H,13-14,17-18H2,1-7H3,(H,31,38)(H,32,33,34,35). The SMILES string of the molecule is CN(CC(=O)OC(C)(C)C)Cc1cc(-c2ncnc(Nc3cccc(OCCNC(=O)OC(C)(C)C)c3)n2)ccn1. The third-order valence-electron chi connectivity index (χ3n) is 5.03. The van der Waals surface area contributed by atoms with Gasteiger partial charge in [0, 0.05) is 30.1 Å². The van der Waals surface area contributed by atoms with Crippen LogP contribution in [-0.4, -0.2) is 74.8 Å². The van der Waals surface area contributed by atoms with Crippen LogP contribution < -0.4 is 15.4 Å². The van der Waals surface area contributed by atoms with Crippen molar-refractivity contribution >= 4 is 23.7 Å². The Bertz CT molecular complexity index is 1320. The number of likely N-dealkylation sites (N-methyl/N-ethyl adjacent to an activating group) is 1. The van der Waals surface area contributed by atoms with Gasteiger partial charge in [0.2, 0.25) is 5.95 Å². The van der Waals surface area contributed by atoms with E-state index in [-0.39, 0.29) is 19.1 Å². The highest BCUT2D eigenvalue weighted by atomic mass is 16.6. The number of carbonyl (C=O) groups excluding carboxylic acids is 2. The van der Waals surface area contributed by atoms with Crippen LogP contribution in [0.4, 0.5) is 16.4 Å². The van der Waals surface area contributed by atoms with Crippen molar-refractivity contribution in [2.45, 2.75) is 59.3 Å². The fraction of sp³-hybridized carbons (Fsp3) is 0.448. The molecule has 0 aliphatic rings. The number of ether oxygens (including phenoxy) is 3. The first-order chi connectivity index (χ1) is 19.3. The molecule has 3 aromatic rings. The lowest BCUT2D eigenvalue weighted by atomic mass is 10.2. The van der Waals surface area contributed by atoms with E-state index in [0.29, 0.717) is 30.6 Å². The van der Waals surface area contributed by atoms with E-state index in [0.717, 1.165) is 16.9 Å². The van der Waals surface area contributed by atoms with Crippen molar-refractivity contribution in [2.75, 3.05) is 32.1 Å². The molecule has 0 saturated heterocycles. The number of rotatable bonds is 11. The molecule has 0 saturated carbocycles. The number of nitrogens with one attached hydrogen (secondary N) is 2. The van der Waals surface area contributed by atoms with E-state index in [1.54, 1.807) is 27.0 Å². The number of carbonyl (C=O) groups is 2. The number of hydrogen-bond acceptors (Lipinski definition) is 11. The first kappa shape index (κ1) is 31.2. The summed E-state index contributed by atoms with van der Waals surface area (Å²) in [7, 11) is 1.83. The molecule has 3 rings (SSSR count). The largest absolute Gasteiger partial charge is 0.492 e. The predicted molar refractivity (Wildman–Crippen MR) is 155 cm³/mol. The molecule has 0 fully saturated rings. The van der Waals surface area contributed by atoms with Crippen LogP contribution in [0, 0.1) is 0 Å². The number of anilines is 2. The van der Waals surface area contributed by atoms with Gasteiger partial charge in [-0.2, -0.15) is 4.98 Å². The van der Waals surface area contributed by atoms with E-state index >= 15 is 0 Å². The quantitative estimate of drug-likeness (QED) is 0.253. The number of esters is 1. The number of pyridine rings is 1. The number of hydrogen-bond donors (Lipinski definition) is 2. The minimum atomic E-state index is -0.556. The Morgan fingerprint density at radius 1 is 0.951 bits per heavy atom. The van der Waals surface area contributed by atoms with Crippen LogP contribution in [0.2, 0.25) is 0 Å². The smallest absolute Gasteiger partial charge is 0.407 e. The Balaban J connectivity index is 1.57. The van der Waals surface area contributed by atoms with Gasteiger partial charge in [-0.1, -0.05) is 6.07 Å². The minimum Gasteiger partial charge on any atom is -0.492 e. The van der Waals surface area contributed by atoms with Crippen molar-refractivity contribution in [2.24, 2.45) is 0 Å². The number of alkyl carbamates (subject to hydrolysis) is 1. The molecule has 2 aromatic heterocycles. The Labute approximate surface area is 240 Å². The molecular formula is C29H39N7O5. The van der Waals surface area contributed by atoms with Crippen LogP contribution >= 0.6 is 0 Å². The Morgan fingerprint density at radius 2 is 1.71 bits per heavy atom. The molecule has 2 N–H and O–H groups in total. The molecule has 0 unspecified atom stereocenters. The van der Waals surface area contributed by atoms with Crippen molar-refractivity contribution in [3.8, 4) is 17.1 Å². The van der Waals surface area contributed by atoms with Gasteiger partial charge in [0.05, 0.1) is 18.8 Å². The maximum absolute atomic E-state index is 12.1. The lowest BCUT2D eigenvalue weighted by Gasteiger charge is -2.22. The highest BCUT2D eigenvalue weighted by molar-refractivity contribution is 5.72. The zero-order valence-corrected chi connectivity index (χ0v) is 24.7. The molecule has 41 heavy (non-hydrogen) atoms. The third-order valence-corrected chi connectivity index (χ3v) is 5.03. The van der Waals surface area contributed by atoms with Gasteiger partial charge in [0.15, 0.2) is 5.82 Å². The second kappa shape index (κ2) is 13.8. The maximum Gasteiger partial charge on any atom is 0.407 e. The van der Waals surface area contributed by atoms with Gasteiger partial charge in [0.25, 0.3) is 0 Å². The zero-order valence-electron chi connectivity index (χ0n) is 24.7. The number of benzene rings is 1. The van der Waals surface area contributed by atoms with Crippen molar-refractivity contribution in [3.63, 3.8) is 0 Å². The number of amides is 1. The van der Waals surface area contributed by atoms with E-state index in [4.69, 9.17) is 14.2 Å². The summed E-state index contributed by atoms with van der Waals surface area (Å²) >= 11 is 0. The van der Waals surface area contributed by atoms with Gasteiger partial charge in [-0.05, 0) is 72.9 Å². The molecule has 1 aromatic carbocycles. The van der Waals surface area contributed by atoms with Crippen LogP contribution in [0.15, 0.2) is 48.9 Å². The molecule has 12 heteroatoms. The topological polar surface area (TPSA) is 141 Å². The molecule has 0 spiro atoms. The lowest BCUT2D eigenvalue weighted by Crippen LogP contribution is -2.34. The fourth-order valence-electron chi connectivity index (χ4n) is 3.55. The summed E-state index contributed by atoms with van der Waals surface area (Å²) in [5, 5.41) is 5.83. The van der Waals surface area contributed by atoms with E-state index in [1.165, 1.54) is 6.33 Å². The van der Waals surface area contributed by atoms with Crippen molar-refractivity contribution in [1.29, 1.82) is 0 Å². The number of nitrogens with zero attached hydrogens (tertiary/aromatic N) is 5. The molecule has 0 atom stereocenters. The molecule has 12 nitrogen and oxygen atoms in total. The first-order valence-electron chi connectivity index (χ1n) is 13.3. The van der Waals surface area contributed by atoms with Crippen molar-refractivity contribution < 1.29 is 23.8 Å². The summed E-state index contributed by atoms with van der Waals surface area (Å²) in [6.45, 7) is 12.1. The highest BCUT2D eigenvalue weighted by Gasteiger charge is 2.18. The summed E-state index contributed by atoms with van der Waals surface area (Å²) in [6, 6.07) is 11.0. The monoisotopic (exact) mass is 565 g/mol. The summed E-state index contributed by atoms with van der Waals surface area (Å²) in [5.41, 5.74) is 1.16. The second-order valence-corrected chi connectivity index (χ2v) is 11.4. The van der Waals surface area contributed by atoms with E-state index in [1.807, 2.05) is 69.1 Å². The average molecular weight is 566 g/mol. The van der Waals surface area contributed by atoms with Crippen LogP contribution in [0.3, 0.4) is 0 Å². The molecule has 2 heterocycles. The first-order valence-corrected chi connectivity index (χ1v) is 13.3. The Morgan fingerprint density at radius 3 is 2.44 bits per heavy atom. The van der Waals surface area contributed by atoms with Gasteiger partial charge in [-0.25, -0.2) is 14.8 Å². The van der Waals surface area contributed by atoms with Gasteiger partial charge in [-0.3, -0.25) is 14.7 Å². The summed E-state index contributed by atoms with van der Waals surface area (Å²) in [5.74, 6) is 1.15. The highest BCUT2D eigenvalue weighted by Crippen LogP contribution is 2.22. The molecular weight excluding hydrogens is 526 g/mol. The molecule has 0 bridgehead atoms.